The number of carbonyl (C=O) groups is 2. The SMILES string of the molecule is CN(C)c1ccc(N2CCN(C(=O)CNC(=O)C(C)(C)C)CC2)cc1. The number of nitrogens with zero attached hydrogens (tertiary/aromatic N) is 3. The van der Waals surface area contributed by atoms with Crippen LogP contribution in [0.2, 0.25) is 0 Å². The predicted molar refractivity (Wildman–Crippen MR) is 102 cm³/mol. The molecule has 1 fully saturated rings. The zero-order valence-electron chi connectivity index (χ0n) is 16.0. The van der Waals surface area contributed by atoms with Crippen molar-refractivity contribution in [3.8, 4) is 0 Å². The van der Waals surface area contributed by atoms with Gasteiger partial charge in [0.15, 0.2) is 0 Å². The minimum atomic E-state index is -0.475. The van der Waals surface area contributed by atoms with Gasteiger partial charge in [-0.3, -0.25) is 9.59 Å². The molecule has 0 unspecified atom stereocenters. The third kappa shape index (κ3) is 5.11. The third-order valence-electron chi connectivity index (χ3n) is 4.44. The summed E-state index contributed by atoms with van der Waals surface area (Å²) in [4.78, 5) is 30.3. The van der Waals surface area contributed by atoms with Crippen molar-refractivity contribution in [2.24, 2.45) is 5.41 Å². The van der Waals surface area contributed by atoms with Gasteiger partial charge in [-0.05, 0) is 24.3 Å². The smallest absolute Gasteiger partial charge is 0.242 e. The molecule has 0 bridgehead atoms. The van der Waals surface area contributed by atoms with Crippen molar-refractivity contribution in [3.63, 3.8) is 0 Å². The van der Waals surface area contributed by atoms with Crippen molar-refractivity contribution in [1.29, 1.82) is 0 Å². The van der Waals surface area contributed by atoms with Crippen LogP contribution in [0.15, 0.2) is 24.3 Å². The molecule has 0 atom stereocenters. The number of anilines is 2. The number of rotatable bonds is 4. The molecule has 25 heavy (non-hydrogen) atoms. The van der Waals surface area contributed by atoms with E-state index in [4.69, 9.17) is 0 Å². The summed E-state index contributed by atoms with van der Waals surface area (Å²) in [5.74, 6) is -0.110. The Balaban J connectivity index is 1.82. The predicted octanol–water partition coefficient (Wildman–Crippen LogP) is 1.56. The molecule has 2 rings (SSSR count). The second-order valence-electron chi connectivity index (χ2n) is 7.71. The average Bonchev–Trinajstić information content (AvgIpc) is 2.58. The third-order valence-corrected chi connectivity index (χ3v) is 4.44. The average molecular weight is 346 g/mol. The van der Waals surface area contributed by atoms with Crippen LogP contribution >= 0.6 is 0 Å². The molecule has 0 aromatic heterocycles. The summed E-state index contributed by atoms with van der Waals surface area (Å²) in [5.41, 5.74) is 1.88. The van der Waals surface area contributed by atoms with Crippen LogP contribution in [0.25, 0.3) is 0 Å². The first-order valence-corrected chi connectivity index (χ1v) is 8.77. The molecular formula is C19H30N4O2. The molecule has 6 heteroatoms. The van der Waals surface area contributed by atoms with Crippen molar-refractivity contribution in [1.82, 2.24) is 10.2 Å². The monoisotopic (exact) mass is 346 g/mol. The lowest BCUT2D eigenvalue weighted by Gasteiger charge is -2.36. The first-order chi connectivity index (χ1) is 11.7. The van der Waals surface area contributed by atoms with Gasteiger partial charge in [-0.1, -0.05) is 20.8 Å². The zero-order chi connectivity index (χ0) is 18.6. The van der Waals surface area contributed by atoms with Crippen LogP contribution in [0.5, 0.6) is 0 Å². The Bertz CT molecular complexity index is 597. The lowest BCUT2D eigenvalue weighted by molar-refractivity contribution is -0.135. The maximum absolute atomic E-state index is 12.3. The van der Waals surface area contributed by atoms with Gasteiger partial charge in [0.25, 0.3) is 0 Å². The second-order valence-corrected chi connectivity index (χ2v) is 7.71. The molecule has 1 saturated heterocycles. The number of piperazine rings is 1. The Kier molecular flexibility index (Phi) is 5.93. The van der Waals surface area contributed by atoms with Crippen molar-refractivity contribution in [3.05, 3.63) is 24.3 Å². The van der Waals surface area contributed by atoms with Crippen LogP contribution < -0.4 is 15.1 Å². The standard InChI is InChI=1S/C19H30N4O2/c1-19(2,3)18(25)20-14-17(24)23-12-10-22(11-13-23)16-8-6-15(7-9-16)21(4)5/h6-9H,10-14H2,1-5H3,(H,20,25). The topological polar surface area (TPSA) is 55.9 Å². The summed E-state index contributed by atoms with van der Waals surface area (Å²) >= 11 is 0. The van der Waals surface area contributed by atoms with Gasteiger partial charge in [0.2, 0.25) is 11.8 Å². The summed E-state index contributed by atoms with van der Waals surface area (Å²) in [5, 5.41) is 2.73. The lowest BCUT2D eigenvalue weighted by Crippen LogP contribution is -2.52. The number of nitrogens with one attached hydrogen (secondary N) is 1. The Morgan fingerprint density at radius 2 is 1.60 bits per heavy atom. The number of carbonyl (C=O) groups excluding carboxylic acids is 2. The van der Waals surface area contributed by atoms with Gasteiger partial charge in [-0.2, -0.15) is 0 Å². The van der Waals surface area contributed by atoms with E-state index in [0.717, 1.165) is 13.1 Å². The quantitative estimate of drug-likeness (QED) is 0.899. The fourth-order valence-electron chi connectivity index (χ4n) is 2.71. The Morgan fingerprint density at radius 3 is 2.08 bits per heavy atom. The van der Waals surface area contributed by atoms with Crippen LogP contribution in [-0.2, 0) is 9.59 Å². The van der Waals surface area contributed by atoms with E-state index < -0.39 is 5.41 Å². The van der Waals surface area contributed by atoms with Crippen molar-refractivity contribution in [2.75, 3.05) is 56.6 Å². The van der Waals surface area contributed by atoms with E-state index in [1.807, 2.05) is 39.8 Å². The van der Waals surface area contributed by atoms with Gasteiger partial charge in [-0.25, -0.2) is 0 Å². The Hall–Kier alpha value is -2.24. The van der Waals surface area contributed by atoms with E-state index >= 15 is 0 Å². The van der Waals surface area contributed by atoms with Crippen molar-refractivity contribution in [2.45, 2.75) is 20.8 Å². The molecule has 1 aliphatic rings. The summed E-state index contributed by atoms with van der Waals surface area (Å²) < 4.78 is 0. The van der Waals surface area contributed by atoms with Crippen LogP contribution in [0.4, 0.5) is 11.4 Å². The van der Waals surface area contributed by atoms with Gasteiger partial charge in [0, 0.05) is 57.1 Å². The van der Waals surface area contributed by atoms with Crippen LogP contribution in [0, 0.1) is 5.41 Å². The highest BCUT2D eigenvalue weighted by Gasteiger charge is 2.24. The summed E-state index contributed by atoms with van der Waals surface area (Å²) in [6.45, 7) is 8.57. The molecule has 6 nitrogen and oxygen atoms in total. The number of hydrogen-bond acceptors (Lipinski definition) is 4. The van der Waals surface area contributed by atoms with Crippen molar-refractivity contribution < 1.29 is 9.59 Å². The van der Waals surface area contributed by atoms with E-state index in [-0.39, 0.29) is 18.4 Å². The number of amides is 2. The molecule has 1 aliphatic heterocycles. The van der Waals surface area contributed by atoms with Gasteiger partial charge in [0.05, 0.1) is 6.54 Å². The molecule has 138 valence electrons. The molecule has 2 amide bonds. The van der Waals surface area contributed by atoms with E-state index in [9.17, 15) is 9.59 Å². The minimum Gasteiger partial charge on any atom is -0.378 e. The first kappa shape index (κ1) is 19.1. The molecule has 0 aliphatic carbocycles. The number of benzene rings is 1. The van der Waals surface area contributed by atoms with Gasteiger partial charge >= 0.3 is 0 Å². The van der Waals surface area contributed by atoms with E-state index in [2.05, 4.69) is 39.4 Å². The van der Waals surface area contributed by atoms with Crippen molar-refractivity contribution >= 4 is 23.2 Å². The highest BCUT2D eigenvalue weighted by atomic mass is 16.2. The highest BCUT2D eigenvalue weighted by molar-refractivity contribution is 5.87. The van der Waals surface area contributed by atoms with E-state index in [1.165, 1.54) is 11.4 Å². The maximum atomic E-state index is 12.3. The second kappa shape index (κ2) is 7.76. The molecule has 1 aromatic carbocycles. The summed E-state index contributed by atoms with van der Waals surface area (Å²) in [7, 11) is 4.05. The normalized spacial score (nSPS) is 15.1. The number of hydrogen-bond donors (Lipinski definition) is 1. The summed E-state index contributed by atoms with van der Waals surface area (Å²) in [6.07, 6.45) is 0. The maximum Gasteiger partial charge on any atom is 0.242 e. The molecule has 0 saturated carbocycles. The van der Waals surface area contributed by atoms with Gasteiger partial charge < -0.3 is 20.0 Å². The molecule has 1 N–H and O–H groups in total. The van der Waals surface area contributed by atoms with Gasteiger partial charge in [-0.15, -0.1) is 0 Å². The van der Waals surface area contributed by atoms with Gasteiger partial charge in [0.1, 0.15) is 0 Å². The van der Waals surface area contributed by atoms with Crippen LogP contribution in [-0.4, -0.2) is 63.5 Å². The Morgan fingerprint density at radius 1 is 1.04 bits per heavy atom. The molecule has 0 radical (unpaired) electrons. The molecule has 0 spiro atoms. The van der Waals surface area contributed by atoms with E-state index in [1.54, 1.807) is 0 Å². The minimum absolute atomic E-state index is 0.0137. The Labute approximate surface area is 150 Å². The fourth-order valence-corrected chi connectivity index (χ4v) is 2.71. The molecular weight excluding hydrogens is 316 g/mol. The highest BCUT2D eigenvalue weighted by Crippen LogP contribution is 2.20. The molecule has 1 heterocycles. The first-order valence-electron chi connectivity index (χ1n) is 8.77. The zero-order valence-corrected chi connectivity index (χ0v) is 16.0. The summed E-state index contributed by atoms with van der Waals surface area (Å²) in [6, 6.07) is 8.45. The lowest BCUT2D eigenvalue weighted by atomic mass is 9.96. The molecule has 1 aromatic rings. The van der Waals surface area contributed by atoms with Crippen LogP contribution in [0.3, 0.4) is 0 Å². The van der Waals surface area contributed by atoms with E-state index in [0.29, 0.717) is 13.1 Å². The fraction of sp³-hybridized carbons (Fsp3) is 0.579. The largest absolute Gasteiger partial charge is 0.378 e. The van der Waals surface area contributed by atoms with Crippen LogP contribution in [0.1, 0.15) is 20.8 Å².